The standard InChI is InChI=1S/C77H150O17P2/c1-6-10-13-16-19-22-24-25-26-32-35-38-42-46-51-56-61-75(80)88-67-73(94-77(82)63-58-53-48-43-39-36-33-30-28-27-29-31-34-37-40-44-49-54-59-70(5)9-4)69-92-96(85,86)90-65-71(78)64-89-95(83,84)91-68-72(66-87-74(79)60-55-50-45-21-18-15-12-8-3)93-76(81)62-57-52-47-41-23-20-17-14-11-7-2/h70-73,78H,6-69H2,1-5H3,(H,83,84)(H,85,86)/t70?,71-,72+,73+/m0/s1. The molecule has 19 heteroatoms. The first-order valence-corrected chi connectivity index (χ1v) is 43.2. The Kier molecular flexibility index (Phi) is 68.7. The lowest BCUT2D eigenvalue weighted by molar-refractivity contribution is -0.161. The zero-order chi connectivity index (χ0) is 70.5. The van der Waals surface area contributed by atoms with Crippen LogP contribution >= 0.6 is 15.6 Å². The van der Waals surface area contributed by atoms with E-state index in [9.17, 15) is 43.2 Å². The number of aliphatic hydroxyl groups excluding tert-OH is 1. The van der Waals surface area contributed by atoms with Crippen LogP contribution in [0.3, 0.4) is 0 Å². The molecule has 0 aromatic rings. The molecule has 17 nitrogen and oxygen atoms in total. The SMILES string of the molecule is CCCCCCCCCCCCCCCCCCC(=O)OC[C@H](COP(=O)(O)OC[C@@H](O)COP(=O)(O)OC[C@@H](COC(=O)CCCCCCCCCC)OC(=O)CCCCCCCCCCCC)OC(=O)CCCCCCCCCCCCCCCCCCCCC(C)CC. The van der Waals surface area contributed by atoms with Gasteiger partial charge in [-0.25, -0.2) is 9.13 Å². The van der Waals surface area contributed by atoms with Crippen molar-refractivity contribution >= 4 is 39.5 Å². The summed E-state index contributed by atoms with van der Waals surface area (Å²) in [5, 5.41) is 10.6. The molecule has 0 aromatic heterocycles. The third-order valence-electron chi connectivity index (χ3n) is 18.4. The molecule has 0 aromatic carbocycles. The highest BCUT2D eigenvalue weighted by atomic mass is 31.2. The van der Waals surface area contributed by atoms with Crippen LogP contribution < -0.4 is 0 Å². The zero-order valence-electron chi connectivity index (χ0n) is 62.5. The van der Waals surface area contributed by atoms with Crippen LogP contribution in [0.25, 0.3) is 0 Å². The number of phosphoric ester groups is 2. The number of hydrogen-bond donors (Lipinski definition) is 3. The molecule has 0 saturated carbocycles. The Labute approximate surface area is 588 Å². The summed E-state index contributed by atoms with van der Waals surface area (Å²) in [4.78, 5) is 72.7. The molecule has 0 aliphatic carbocycles. The Balaban J connectivity index is 5.16. The molecule has 6 atom stereocenters. The first-order chi connectivity index (χ1) is 46.6. The van der Waals surface area contributed by atoms with Gasteiger partial charge in [0.2, 0.25) is 0 Å². The molecule has 96 heavy (non-hydrogen) atoms. The lowest BCUT2D eigenvalue weighted by Crippen LogP contribution is -2.30. The summed E-state index contributed by atoms with van der Waals surface area (Å²) in [5.41, 5.74) is 0. The maximum atomic E-state index is 13.1. The maximum Gasteiger partial charge on any atom is 0.472 e. The highest BCUT2D eigenvalue weighted by Crippen LogP contribution is 2.45. The third kappa shape index (κ3) is 69.2. The number of phosphoric acid groups is 2. The van der Waals surface area contributed by atoms with Gasteiger partial charge in [-0.05, 0) is 31.6 Å². The van der Waals surface area contributed by atoms with Crippen molar-refractivity contribution in [2.75, 3.05) is 39.6 Å². The summed E-state index contributed by atoms with van der Waals surface area (Å²) in [6.07, 6.45) is 59.7. The second-order valence-corrected chi connectivity index (χ2v) is 30.9. The van der Waals surface area contributed by atoms with Gasteiger partial charge in [-0.3, -0.25) is 37.3 Å². The van der Waals surface area contributed by atoms with E-state index in [4.69, 9.17) is 37.0 Å². The average Bonchev–Trinajstić information content (AvgIpc) is 3.68. The van der Waals surface area contributed by atoms with Crippen LogP contribution in [0.2, 0.25) is 0 Å². The minimum Gasteiger partial charge on any atom is -0.462 e. The van der Waals surface area contributed by atoms with E-state index in [2.05, 4.69) is 34.6 Å². The van der Waals surface area contributed by atoms with Gasteiger partial charge in [-0.2, -0.15) is 0 Å². The summed E-state index contributed by atoms with van der Waals surface area (Å²) >= 11 is 0. The Morgan fingerprint density at radius 3 is 0.740 bits per heavy atom. The van der Waals surface area contributed by atoms with Gasteiger partial charge < -0.3 is 33.8 Å². The van der Waals surface area contributed by atoms with Gasteiger partial charge in [0.1, 0.15) is 19.3 Å². The molecule has 0 fully saturated rings. The van der Waals surface area contributed by atoms with Crippen LogP contribution in [-0.4, -0.2) is 96.7 Å². The average molecular weight is 1410 g/mol. The van der Waals surface area contributed by atoms with Crippen molar-refractivity contribution in [2.45, 2.75) is 425 Å². The van der Waals surface area contributed by atoms with Crippen LogP contribution in [0.1, 0.15) is 407 Å². The van der Waals surface area contributed by atoms with E-state index in [1.807, 2.05) is 0 Å². The van der Waals surface area contributed by atoms with E-state index in [1.54, 1.807) is 0 Å². The predicted molar refractivity (Wildman–Crippen MR) is 391 cm³/mol. The number of aliphatic hydroxyl groups is 1. The lowest BCUT2D eigenvalue weighted by atomic mass is 9.99. The van der Waals surface area contributed by atoms with E-state index in [0.717, 1.165) is 102 Å². The monoisotopic (exact) mass is 1410 g/mol. The minimum atomic E-state index is -4.96. The molecule has 0 radical (unpaired) electrons. The Morgan fingerprint density at radius 1 is 0.292 bits per heavy atom. The van der Waals surface area contributed by atoms with Crippen LogP contribution in [-0.2, 0) is 65.4 Å². The van der Waals surface area contributed by atoms with Crippen molar-refractivity contribution in [2.24, 2.45) is 5.92 Å². The van der Waals surface area contributed by atoms with Crippen LogP contribution in [0, 0.1) is 5.92 Å². The predicted octanol–water partition coefficient (Wildman–Crippen LogP) is 22.9. The first kappa shape index (κ1) is 94.1. The number of esters is 4. The molecule has 0 saturated heterocycles. The van der Waals surface area contributed by atoms with Gasteiger partial charge in [0.25, 0.3) is 0 Å². The summed E-state index contributed by atoms with van der Waals surface area (Å²) in [7, 11) is -9.90. The summed E-state index contributed by atoms with van der Waals surface area (Å²) in [6, 6.07) is 0. The number of rotatable bonds is 77. The van der Waals surface area contributed by atoms with Gasteiger partial charge in [0, 0.05) is 25.7 Å². The maximum absolute atomic E-state index is 13.1. The largest absolute Gasteiger partial charge is 0.472 e. The summed E-state index contributed by atoms with van der Waals surface area (Å²) in [6.45, 7) is 7.33. The molecule has 0 spiro atoms. The van der Waals surface area contributed by atoms with E-state index >= 15 is 0 Å². The van der Waals surface area contributed by atoms with E-state index in [1.165, 1.54) is 225 Å². The van der Waals surface area contributed by atoms with Gasteiger partial charge >= 0.3 is 39.5 Å². The third-order valence-corrected chi connectivity index (χ3v) is 20.3. The van der Waals surface area contributed by atoms with Crippen molar-refractivity contribution < 1.29 is 80.2 Å². The second-order valence-electron chi connectivity index (χ2n) is 28.0. The highest BCUT2D eigenvalue weighted by molar-refractivity contribution is 7.47. The van der Waals surface area contributed by atoms with Crippen molar-refractivity contribution in [3.8, 4) is 0 Å². The Hall–Kier alpha value is -1.94. The van der Waals surface area contributed by atoms with E-state index in [0.29, 0.717) is 25.7 Å². The molecule has 3 N–H and O–H groups in total. The van der Waals surface area contributed by atoms with E-state index < -0.39 is 97.5 Å². The number of ether oxygens (including phenoxy) is 4. The quantitative estimate of drug-likeness (QED) is 0.0222. The van der Waals surface area contributed by atoms with Crippen LogP contribution in [0.4, 0.5) is 0 Å². The Morgan fingerprint density at radius 2 is 0.500 bits per heavy atom. The Bertz CT molecular complexity index is 1840. The van der Waals surface area contributed by atoms with E-state index in [-0.39, 0.29) is 25.7 Å². The molecule has 0 aliphatic rings. The van der Waals surface area contributed by atoms with Gasteiger partial charge in [-0.1, -0.05) is 356 Å². The molecule has 570 valence electrons. The molecule has 0 aliphatic heterocycles. The first-order valence-electron chi connectivity index (χ1n) is 40.2. The topological polar surface area (TPSA) is 237 Å². The molecule has 3 unspecified atom stereocenters. The molecule has 0 bridgehead atoms. The van der Waals surface area contributed by atoms with Crippen LogP contribution in [0.15, 0.2) is 0 Å². The molecular weight excluding hydrogens is 1260 g/mol. The fourth-order valence-corrected chi connectivity index (χ4v) is 13.4. The van der Waals surface area contributed by atoms with Gasteiger partial charge in [0.05, 0.1) is 26.4 Å². The number of carbonyl (C=O) groups is 4. The van der Waals surface area contributed by atoms with Crippen molar-refractivity contribution in [1.29, 1.82) is 0 Å². The fourth-order valence-electron chi connectivity index (χ4n) is 11.8. The van der Waals surface area contributed by atoms with Gasteiger partial charge in [-0.15, -0.1) is 0 Å². The molecule has 0 amide bonds. The summed E-state index contributed by atoms with van der Waals surface area (Å²) in [5.74, 6) is -1.24. The normalized spacial score (nSPS) is 14.2. The second kappa shape index (κ2) is 70.1. The van der Waals surface area contributed by atoms with Crippen molar-refractivity contribution in [3.05, 3.63) is 0 Å². The molecule has 0 rings (SSSR count). The highest BCUT2D eigenvalue weighted by Gasteiger charge is 2.30. The number of carbonyl (C=O) groups excluding carboxylic acids is 4. The summed E-state index contributed by atoms with van der Waals surface area (Å²) < 4.78 is 68.4. The zero-order valence-corrected chi connectivity index (χ0v) is 64.3. The van der Waals surface area contributed by atoms with Crippen molar-refractivity contribution in [3.63, 3.8) is 0 Å². The molecular formula is C77H150O17P2. The fraction of sp³-hybridized carbons (Fsp3) is 0.948. The number of hydrogen-bond acceptors (Lipinski definition) is 15. The number of unbranched alkanes of at least 4 members (excludes halogenated alkanes) is 48. The lowest BCUT2D eigenvalue weighted by Gasteiger charge is -2.21. The molecule has 0 heterocycles. The minimum absolute atomic E-state index is 0.107. The van der Waals surface area contributed by atoms with Gasteiger partial charge in [0.15, 0.2) is 12.2 Å². The smallest absolute Gasteiger partial charge is 0.462 e. The van der Waals surface area contributed by atoms with Crippen molar-refractivity contribution in [1.82, 2.24) is 0 Å². The van der Waals surface area contributed by atoms with Crippen LogP contribution in [0.5, 0.6) is 0 Å².